The summed E-state index contributed by atoms with van der Waals surface area (Å²) in [4.78, 5) is 32.9. The molecule has 5 N–H and O–H groups in total. The van der Waals surface area contributed by atoms with Crippen LogP contribution in [0.1, 0.15) is 73.5 Å². The second-order valence-corrected chi connectivity index (χ2v) is 10.8. The van der Waals surface area contributed by atoms with Gasteiger partial charge in [0, 0.05) is 37.0 Å². The van der Waals surface area contributed by atoms with Crippen LogP contribution in [0.4, 0.5) is 13.2 Å². The third-order valence-corrected chi connectivity index (χ3v) is 7.85. The summed E-state index contributed by atoms with van der Waals surface area (Å²) in [5.41, 5.74) is 0.989. The average Bonchev–Trinajstić information content (AvgIpc) is 3.57. The lowest BCUT2D eigenvalue weighted by atomic mass is 9.78. The largest absolute Gasteiger partial charge is 0.394 e. The molecule has 1 unspecified atom stereocenters. The van der Waals surface area contributed by atoms with Gasteiger partial charge < -0.3 is 26.1 Å². The van der Waals surface area contributed by atoms with Gasteiger partial charge in [-0.1, -0.05) is 19.8 Å². The molecule has 4 rings (SSSR count). The SMILES string of the molecule is C[C@H]1CC[C@H]([C@H](NC(=O)c2ccnn2CCO)c2c[nH]c(/C=C\C(=N)CC3C[C@@H](C(F)(F)F)CNC3=O)n2)CC1. The number of rotatable bonds is 10. The zero-order valence-electron chi connectivity index (χ0n) is 22.4. The van der Waals surface area contributed by atoms with Crippen LogP contribution in [0.25, 0.3) is 6.08 Å². The molecule has 2 aliphatic rings. The van der Waals surface area contributed by atoms with Crippen LogP contribution >= 0.6 is 0 Å². The number of hydrogen-bond donors (Lipinski definition) is 5. The Balaban J connectivity index is 1.44. The van der Waals surface area contributed by atoms with Gasteiger partial charge in [-0.3, -0.25) is 14.3 Å². The van der Waals surface area contributed by atoms with Crippen molar-refractivity contribution in [2.24, 2.45) is 23.7 Å². The highest BCUT2D eigenvalue weighted by atomic mass is 19.4. The van der Waals surface area contributed by atoms with Gasteiger partial charge in [-0.05, 0) is 49.3 Å². The zero-order valence-corrected chi connectivity index (χ0v) is 22.4. The highest BCUT2D eigenvalue weighted by Crippen LogP contribution is 2.37. The number of carbonyl (C=O) groups excluding carboxylic acids is 2. The maximum Gasteiger partial charge on any atom is 0.393 e. The van der Waals surface area contributed by atoms with Crippen molar-refractivity contribution < 1.29 is 27.9 Å². The first-order valence-corrected chi connectivity index (χ1v) is 13.6. The van der Waals surface area contributed by atoms with Crippen molar-refractivity contribution in [1.82, 2.24) is 30.4 Å². The number of alkyl halides is 3. The molecule has 13 heteroatoms. The molecular weight excluding hydrogens is 527 g/mol. The Labute approximate surface area is 230 Å². The van der Waals surface area contributed by atoms with Gasteiger partial charge in [0.05, 0.1) is 30.8 Å². The van der Waals surface area contributed by atoms with E-state index in [1.54, 1.807) is 18.3 Å². The van der Waals surface area contributed by atoms with E-state index in [4.69, 9.17) is 5.41 Å². The van der Waals surface area contributed by atoms with Crippen molar-refractivity contribution in [1.29, 1.82) is 5.41 Å². The van der Waals surface area contributed by atoms with Crippen molar-refractivity contribution in [3.8, 4) is 0 Å². The molecule has 0 bridgehead atoms. The lowest BCUT2D eigenvalue weighted by molar-refractivity contribution is -0.183. The number of nitrogens with one attached hydrogen (secondary N) is 4. The molecule has 1 aliphatic carbocycles. The van der Waals surface area contributed by atoms with Gasteiger partial charge in [-0.15, -0.1) is 0 Å². The smallest absolute Gasteiger partial charge is 0.393 e. The standard InChI is InChI=1S/C27H36F3N7O3/c1-16-2-4-17(5-3-16)24(36-26(40)22-8-9-34-37(22)10-11-38)21-15-32-23(35-21)7-6-20(31)13-18-12-19(27(28,29)30)14-33-25(18)39/h6-9,15-19,24,31,38H,2-5,10-14H2,1H3,(H,32,35)(H,33,39)(H,36,40)/b7-6-,31-20?/t16-,17-,18?,19-,24+/m1/s1. The van der Waals surface area contributed by atoms with E-state index in [9.17, 15) is 27.9 Å². The van der Waals surface area contributed by atoms with Gasteiger partial charge in [-0.25, -0.2) is 4.98 Å². The lowest BCUT2D eigenvalue weighted by Crippen LogP contribution is -2.46. The summed E-state index contributed by atoms with van der Waals surface area (Å²) < 4.78 is 40.8. The number of aliphatic hydroxyl groups is 1. The summed E-state index contributed by atoms with van der Waals surface area (Å²) in [5.74, 6) is -2.12. The molecule has 10 nitrogen and oxygen atoms in total. The van der Waals surface area contributed by atoms with Gasteiger partial charge in [0.15, 0.2) is 0 Å². The summed E-state index contributed by atoms with van der Waals surface area (Å²) in [6.45, 7) is 1.83. The van der Waals surface area contributed by atoms with Gasteiger partial charge in [-0.2, -0.15) is 18.3 Å². The van der Waals surface area contributed by atoms with Crippen molar-refractivity contribution in [3.63, 3.8) is 0 Å². The number of piperidine rings is 1. The van der Waals surface area contributed by atoms with E-state index in [2.05, 4.69) is 32.6 Å². The lowest BCUT2D eigenvalue weighted by Gasteiger charge is -2.32. The minimum absolute atomic E-state index is 0.0178. The number of H-pyrrole nitrogens is 1. The highest BCUT2D eigenvalue weighted by molar-refractivity contribution is 5.98. The average molecular weight is 564 g/mol. The van der Waals surface area contributed by atoms with Gasteiger partial charge in [0.1, 0.15) is 11.5 Å². The number of imidazole rings is 1. The number of carbonyl (C=O) groups is 2. The van der Waals surface area contributed by atoms with Gasteiger partial charge >= 0.3 is 6.18 Å². The maximum atomic E-state index is 13.2. The first kappa shape index (κ1) is 29.5. The van der Waals surface area contributed by atoms with E-state index in [0.717, 1.165) is 25.7 Å². The molecule has 218 valence electrons. The molecule has 3 atom stereocenters. The molecule has 1 saturated carbocycles. The molecule has 1 saturated heterocycles. The second-order valence-electron chi connectivity index (χ2n) is 10.8. The molecule has 0 aromatic carbocycles. The Kier molecular flexibility index (Phi) is 9.44. The molecule has 0 spiro atoms. The summed E-state index contributed by atoms with van der Waals surface area (Å²) in [5, 5.41) is 27.0. The molecule has 0 radical (unpaired) electrons. The monoisotopic (exact) mass is 563 g/mol. The van der Waals surface area contributed by atoms with E-state index >= 15 is 0 Å². The number of aromatic amines is 1. The predicted molar refractivity (Wildman–Crippen MR) is 141 cm³/mol. The normalized spacial score (nSPS) is 24.6. The number of aliphatic hydroxyl groups excluding tert-OH is 1. The van der Waals surface area contributed by atoms with Crippen LogP contribution < -0.4 is 10.6 Å². The number of nitrogens with zero attached hydrogens (tertiary/aromatic N) is 3. The van der Waals surface area contributed by atoms with Crippen LogP contribution in [0.5, 0.6) is 0 Å². The van der Waals surface area contributed by atoms with Gasteiger partial charge in [0.25, 0.3) is 5.91 Å². The fourth-order valence-electron chi connectivity index (χ4n) is 5.50. The molecule has 2 fully saturated rings. The Morgan fingerprint density at radius 1 is 1.32 bits per heavy atom. The summed E-state index contributed by atoms with van der Waals surface area (Å²) in [6, 6.07) is 1.22. The van der Waals surface area contributed by atoms with Crippen LogP contribution in [-0.4, -0.2) is 61.7 Å². The summed E-state index contributed by atoms with van der Waals surface area (Å²) in [6.07, 6.45) is 5.28. The first-order valence-electron chi connectivity index (χ1n) is 13.6. The van der Waals surface area contributed by atoms with Crippen molar-refractivity contribution in [2.45, 2.75) is 64.2 Å². The fraction of sp³-hybridized carbons (Fsp3) is 0.593. The predicted octanol–water partition coefficient (Wildman–Crippen LogP) is 3.63. The van der Waals surface area contributed by atoms with Crippen molar-refractivity contribution in [2.75, 3.05) is 13.2 Å². The second kappa shape index (κ2) is 12.8. The molecule has 2 amide bonds. The van der Waals surface area contributed by atoms with Crippen LogP contribution in [0.15, 0.2) is 24.5 Å². The van der Waals surface area contributed by atoms with Crippen molar-refractivity contribution in [3.05, 3.63) is 41.7 Å². The van der Waals surface area contributed by atoms with E-state index in [0.29, 0.717) is 23.1 Å². The van der Waals surface area contributed by atoms with Gasteiger partial charge in [0.2, 0.25) is 5.91 Å². The maximum absolute atomic E-state index is 13.2. The van der Waals surface area contributed by atoms with Crippen LogP contribution in [-0.2, 0) is 11.3 Å². The molecule has 1 aliphatic heterocycles. The third kappa shape index (κ3) is 7.38. The minimum atomic E-state index is -4.39. The van der Waals surface area contributed by atoms with E-state index < -0.39 is 30.5 Å². The fourth-order valence-corrected chi connectivity index (χ4v) is 5.50. The van der Waals surface area contributed by atoms with Crippen molar-refractivity contribution >= 4 is 23.6 Å². The van der Waals surface area contributed by atoms with Crippen LogP contribution in [0.3, 0.4) is 0 Å². The minimum Gasteiger partial charge on any atom is -0.394 e. The number of aromatic nitrogens is 4. The third-order valence-electron chi connectivity index (χ3n) is 7.85. The Hall–Kier alpha value is -3.48. The summed E-state index contributed by atoms with van der Waals surface area (Å²) in [7, 11) is 0. The van der Waals surface area contributed by atoms with Crippen LogP contribution in [0.2, 0.25) is 0 Å². The summed E-state index contributed by atoms with van der Waals surface area (Å²) >= 11 is 0. The Morgan fingerprint density at radius 3 is 2.77 bits per heavy atom. The first-order chi connectivity index (χ1) is 19.0. The Morgan fingerprint density at radius 2 is 2.08 bits per heavy atom. The number of amides is 2. The molecule has 2 aromatic heterocycles. The molecular formula is C27H36F3N7O3. The molecule has 40 heavy (non-hydrogen) atoms. The quantitative estimate of drug-likeness (QED) is 0.280. The number of hydrogen-bond acceptors (Lipinski definition) is 6. The van der Waals surface area contributed by atoms with E-state index in [1.807, 2.05) is 0 Å². The Bertz CT molecular complexity index is 1210. The van der Waals surface area contributed by atoms with E-state index in [-0.39, 0.29) is 49.6 Å². The zero-order chi connectivity index (χ0) is 28.9. The molecule has 2 aromatic rings. The topological polar surface area (TPSA) is 149 Å². The van der Waals surface area contributed by atoms with Crippen LogP contribution in [0, 0.1) is 29.1 Å². The molecule has 3 heterocycles. The highest BCUT2D eigenvalue weighted by Gasteiger charge is 2.44. The van der Waals surface area contributed by atoms with E-state index in [1.165, 1.54) is 17.0 Å². The number of allylic oxidation sites excluding steroid dienone is 1. The number of halogens is 3.